The molecule has 0 spiro atoms. The fraction of sp³-hybridized carbons (Fsp3) is 0.167. The second-order valence-corrected chi connectivity index (χ2v) is 9.72. The third-order valence-electron chi connectivity index (χ3n) is 5.06. The molecule has 1 amide bonds. The lowest BCUT2D eigenvalue weighted by atomic mass is 10.0. The molecule has 0 aliphatic rings. The smallest absolute Gasteiger partial charge is 0.325 e. The molecule has 172 valence electrons. The second-order valence-electron chi connectivity index (χ2n) is 7.66. The number of rotatable bonds is 7. The molecule has 33 heavy (non-hydrogen) atoms. The molecule has 0 heterocycles. The van der Waals surface area contributed by atoms with Gasteiger partial charge >= 0.3 is 5.97 Å². The van der Waals surface area contributed by atoms with Crippen LogP contribution in [0.5, 0.6) is 0 Å². The van der Waals surface area contributed by atoms with E-state index in [-0.39, 0.29) is 4.90 Å². The van der Waals surface area contributed by atoms with Crippen LogP contribution in [0.3, 0.4) is 0 Å². The first kappa shape index (κ1) is 24.3. The number of benzene rings is 3. The predicted octanol–water partition coefficient (Wildman–Crippen LogP) is 4.63. The van der Waals surface area contributed by atoms with E-state index in [0.29, 0.717) is 27.4 Å². The highest BCUT2D eigenvalue weighted by Gasteiger charge is 2.19. The summed E-state index contributed by atoms with van der Waals surface area (Å²) in [4.78, 5) is 23.2. The van der Waals surface area contributed by atoms with E-state index in [4.69, 9.17) is 16.7 Å². The van der Waals surface area contributed by atoms with Gasteiger partial charge in [-0.05, 0) is 79.4 Å². The van der Waals surface area contributed by atoms with Gasteiger partial charge in [0.05, 0.1) is 4.90 Å². The second kappa shape index (κ2) is 9.64. The molecule has 0 radical (unpaired) electrons. The normalized spacial score (nSPS) is 12.1. The summed E-state index contributed by atoms with van der Waals surface area (Å²) in [7, 11) is -3.83. The van der Waals surface area contributed by atoms with Crippen molar-refractivity contribution in [3.63, 3.8) is 0 Å². The van der Waals surface area contributed by atoms with Gasteiger partial charge in [-0.2, -0.15) is 0 Å². The van der Waals surface area contributed by atoms with Gasteiger partial charge < -0.3 is 10.4 Å². The maximum Gasteiger partial charge on any atom is 0.325 e. The van der Waals surface area contributed by atoms with Gasteiger partial charge in [0, 0.05) is 16.3 Å². The summed E-state index contributed by atoms with van der Waals surface area (Å²) < 4.78 is 28.5. The molecule has 0 saturated carbocycles. The van der Waals surface area contributed by atoms with Crippen LogP contribution >= 0.6 is 11.6 Å². The van der Waals surface area contributed by atoms with Gasteiger partial charge in [0.2, 0.25) is 0 Å². The zero-order chi connectivity index (χ0) is 24.3. The van der Waals surface area contributed by atoms with Gasteiger partial charge in [-0.1, -0.05) is 35.9 Å². The highest BCUT2D eigenvalue weighted by Crippen LogP contribution is 2.28. The monoisotopic (exact) mass is 486 g/mol. The first-order valence-electron chi connectivity index (χ1n) is 10.0. The standard InChI is InChI=1S/C24H23ClN2O5S/c1-14-12-22(15(2)11-21(14)25)33(31,32)27-20-6-4-5-19(13-20)17-7-9-18(10-8-17)23(28)26-16(3)24(29)30/h4-13,16,27H,1-3H3,(H,26,28)(H,29,30). The van der Waals surface area contributed by atoms with E-state index in [9.17, 15) is 18.0 Å². The van der Waals surface area contributed by atoms with Gasteiger partial charge in [0.25, 0.3) is 15.9 Å². The molecule has 7 nitrogen and oxygen atoms in total. The summed E-state index contributed by atoms with van der Waals surface area (Å²) in [6, 6.07) is 15.6. The van der Waals surface area contributed by atoms with Gasteiger partial charge in [0.1, 0.15) is 6.04 Å². The fourth-order valence-corrected chi connectivity index (χ4v) is 4.75. The van der Waals surface area contributed by atoms with Crippen LogP contribution in [0.4, 0.5) is 5.69 Å². The predicted molar refractivity (Wildman–Crippen MR) is 128 cm³/mol. The quantitative estimate of drug-likeness (QED) is 0.450. The van der Waals surface area contributed by atoms with Crippen LogP contribution in [0.25, 0.3) is 11.1 Å². The van der Waals surface area contributed by atoms with E-state index < -0.39 is 27.9 Å². The Kier molecular flexibility index (Phi) is 7.09. The number of carbonyl (C=O) groups excluding carboxylic acids is 1. The average molecular weight is 487 g/mol. The zero-order valence-electron chi connectivity index (χ0n) is 18.2. The number of carboxylic acids is 1. The van der Waals surface area contributed by atoms with Crippen molar-refractivity contribution < 1.29 is 23.1 Å². The number of nitrogens with one attached hydrogen (secondary N) is 2. The number of aliphatic carboxylic acids is 1. The van der Waals surface area contributed by atoms with Crippen molar-refractivity contribution in [1.82, 2.24) is 5.32 Å². The number of aryl methyl sites for hydroxylation is 2. The van der Waals surface area contributed by atoms with E-state index in [1.807, 2.05) is 6.07 Å². The van der Waals surface area contributed by atoms with Gasteiger partial charge in [-0.15, -0.1) is 0 Å². The molecule has 0 fully saturated rings. The van der Waals surface area contributed by atoms with Crippen molar-refractivity contribution in [2.24, 2.45) is 0 Å². The van der Waals surface area contributed by atoms with Crippen molar-refractivity contribution in [2.75, 3.05) is 4.72 Å². The molecule has 3 rings (SSSR count). The van der Waals surface area contributed by atoms with Crippen LogP contribution in [-0.2, 0) is 14.8 Å². The largest absolute Gasteiger partial charge is 0.480 e. The summed E-state index contributed by atoms with van der Waals surface area (Å²) in [6.45, 7) is 4.81. The van der Waals surface area contributed by atoms with E-state index in [1.54, 1.807) is 68.4 Å². The Morgan fingerprint density at radius 1 is 0.939 bits per heavy atom. The SMILES string of the molecule is Cc1cc(S(=O)(=O)Nc2cccc(-c3ccc(C(=O)NC(C)C(=O)O)cc3)c2)c(C)cc1Cl. The molecular weight excluding hydrogens is 464 g/mol. The molecule has 1 unspecified atom stereocenters. The maximum atomic E-state index is 12.9. The number of anilines is 1. The number of hydrogen-bond acceptors (Lipinski definition) is 4. The molecule has 3 N–H and O–H groups in total. The van der Waals surface area contributed by atoms with E-state index in [2.05, 4.69) is 10.0 Å². The van der Waals surface area contributed by atoms with Crippen LogP contribution in [0, 0.1) is 13.8 Å². The molecule has 0 bridgehead atoms. The molecule has 0 aliphatic carbocycles. The Hall–Kier alpha value is -3.36. The minimum absolute atomic E-state index is 0.153. The lowest BCUT2D eigenvalue weighted by Gasteiger charge is -2.13. The van der Waals surface area contributed by atoms with Crippen molar-refractivity contribution in [1.29, 1.82) is 0 Å². The third-order valence-corrected chi connectivity index (χ3v) is 6.99. The summed E-state index contributed by atoms with van der Waals surface area (Å²) in [5, 5.41) is 11.8. The van der Waals surface area contributed by atoms with Crippen molar-refractivity contribution in [3.8, 4) is 11.1 Å². The molecule has 1 atom stereocenters. The highest BCUT2D eigenvalue weighted by atomic mass is 35.5. The topological polar surface area (TPSA) is 113 Å². The minimum Gasteiger partial charge on any atom is -0.480 e. The number of amides is 1. The van der Waals surface area contributed by atoms with Crippen LogP contribution in [0.1, 0.15) is 28.4 Å². The van der Waals surface area contributed by atoms with E-state index >= 15 is 0 Å². The number of carboxylic acid groups (broad SMARTS) is 1. The van der Waals surface area contributed by atoms with Crippen molar-refractivity contribution in [3.05, 3.63) is 82.4 Å². The van der Waals surface area contributed by atoms with Gasteiger partial charge in [-0.3, -0.25) is 14.3 Å². The Bertz CT molecular complexity index is 1320. The minimum atomic E-state index is -3.83. The molecule has 3 aromatic carbocycles. The van der Waals surface area contributed by atoms with Crippen molar-refractivity contribution in [2.45, 2.75) is 31.7 Å². The number of carbonyl (C=O) groups is 2. The van der Waals surface area contributed by atoms with Crippen LogP contribution in [0.15, 0.2) is 65.6 Å². The summed E-state index contributed by atoms with van der Waals surface area (Å²) in [5.74, 6) is -1.62. The molecular formula is C24H23ClN2O5S. The Morgan fingerprint density at radius 3 is 2.24 bits per heavy atom. The van der Waals surface area contributed by atoms with Crippen LogP contribution in [-0.4, -0.2) is 31.4 Å². The lowest BCUT2D eigenvalue weighted by molar-refractivity contribution is -0.138. The average Bonchev–Trinajstić information content (AvgIpc) is 2.76. The van der Waals surface area contributed by atoms with E-state index in [1.165, 1.54) is 6.92 Å². The lowest BCUT2D eigenvalue weighted by Crippen LogP contribution is -2.38. The molecule has 0 saturated heterocycles. The fourth-order valence-electron chi connectivity index (χ4n) is 3.17. The Balaban J connectivity index is 1.82. The Morgan fingerprint density at radius 2 is 1.61 bits per heavy atom. The first-order chi connectivity index (χ1) is 15.5. The number of sulfonamides is 1. The highest BCUT2D eigenvalue weighted by molar-refractivity contribution is 7.92. The van der Waals surface area contributed by atoms with E-state index in [0.717, 1.165) is 11.1 Å². The maximum absolute atomic E-state index is 12.9. The molecule has 3 aromatic rings. The molecule has 0 aliphatic heterocycles. The zero-order valence-corrected chi connectivity index (χ0v) is 19.8. The molecule has 0 aromatic heterocycles. The summed E-state index contributed by atoms with van der Waals surface area (Å²) in [6.07, 6.45) is 0. The Labute approximate surface area is 197 Å². The van der Waals surface area contributed by atoms with Crippen molar-refractivity contribution >= 4 is 39.2 Å². The third kappa shape index (κ3) is 5.71. The summed E-state index contributed by atoms with van der Waals surface area (Å²) in [5.41, 5.74) is 3.41. The van der Waals surface area contributed by atoms with Gasteiger partial charge in [-0.25, -0.2) is 8.42 Å². The van der Waals surface area contributed by atoms with Crippen LogP contribution in [0.2, 0.25) is 5.02 Å². The molecule has 9 heteroatoms. The van der Waals surface area contributed by atoms with Crippen LogP contribution < -0.4 is 10.0 Å². The first-order valence-corrected chi connectivity index (χ1v) is 11.9. The summed E-state index contributed by atoms with van der Waals surface area (Å²) >= 11 is 6.09. The number of halogens is 1. The van der Waals surface area contributed by atoms with Gasteiger partial charge in [0.15, 0.2) is 0 Å². The number of hydrogen-bond donors (Lipinski definition) is 3.